The summed E-state index contributed by atoms with van der Waals surface area (Å²) in [4.78, 5) is 25.6. The van der Waals surface area contributed by atoms with Crippen molar-refractivity contribution in [3.63, 3.8) is 0 Å². The van der Waals surface area contributed by atoms with Crippen molar-refractivity contribution in [3.05, 3.63) is 35.4 Å². The molecule has 1 fully saturated rings. The van der Waals surface area contributed by atoms with Gasteiger partial charge in [0.2, 0.25) is 5.91 Å². The minimum atomic E-state index is -0.819. The average Bonchev–Trinajstić information content (AvgIpc) is 2.54. The van der Waals surface area contributed by atoms with Crippen molar-refractivity contribution in [2.45, 2.75) is 50.5 Å². The van der Waals surface area contributed by atoms with Gasteiger partial charge in [0.1, 0.15) is 0 Å². The van der Waals surface area contributed by atoms with E-state index in [1.165, 1.54) is 0 Å². The van der Waals surface area contributed by atoms with Crippen LogP contribution in [0.4, 0.5) is 0 Å². The Hall–Kier alpha value is -1.88. The van der Waals surface area contributed by atoms with Gasteiger partial charge in [-0.1, -0.05) is 31.4 Å². The summed E-state index contributed by atoms with van der Waals surface area (Å²) in [5.41, 5.74) is 0.847. The molecule has 132 valence electrons. The van der Waals surface area contributed by atoms with Gasteiger partial charge in [-0.25, -0.2) is 0 Å². The largest absolute Gasteiger partial charge is 0.389 e. The summed E-state index contributed by atoms with van der Waals surface area (Å²) < 4.78 is 0. The number of nitrogens with one attached hydrogen (secondary N) is 1. The second-order valence-corrected chi connectivity index (χ2v) is 6.96. The second kappa shape index (κ2) is 8.29. The van der Waals surface area contributed by atoms with Gasteiger partial charge in [-0.2, -0.15) is 0 Å². The molecular formula is C19H28N2O3. The summed E-state index contributed by atoms with van der Waals surface area (Å²) in [5.74, 6) is -0.125. The standard InChI is InChI=1S/C19H28N2O3/c1-21(2)18(23)16-8-6-7-15(13-16)9-12-20-17(22)14-19(24)10-4-3-5-11-19/h6-8,13,24H,3-5,9-12,14H2,1-2H3,(H,20,22). The Labute approximate surface area is 144 Å². The lowest BCUT2D eigenvalue weighted by molar-refractivity contribution is -0.127. The second-order valence-electron chi connectivity index (χ2n) is 6.96. The fourth-order valence-electron chi connectivity index (χ4n) is 3.21. The van der Waals surface area contributed by atoms with Crippen LogP contribution in [0.25, 0.3) is 0 Å². The maximum absolute atomic E-state index is 12.0. The first-order valence-corrected chi connectivity index (χ1v) is 8.69. The van der Waals surface area contributed by atoms with Crippen molar-refractivity contribution < 1.29 is 14.7 Å². The van der Waals surface area contributed by atoms with E-state index in [0.29, 0.717) is 18.5 Å². The summed E-state index contributed by atoms with van der Waals surface area (Å²) in [6.07, 6.45) is 5.42. The van der Waals surface area contributed by atoms with E-state index in [9.17, 15) is 14.7 Å². The molecule has 0 aliphatic heterocycles. The van der Waals surface area contributed by atoms with E-state index in [1.807, 2.05) is 18.2 Å². The van der Waals surface area contributed by atoms with Crippen LogP contribution in [-0.4, -0.2) is 48.1 Å². The number of carbonyl (C=O) groups excluding carboxylic acids is 2. The van der Waals surface area contributed by atoms with Crippen LogP contribution in [0, 0.1) is 0 Å². The predicted octanol–water partition coefficient (Wildman–Crippen LogP) is 2.13. The molecule has 2 rings (SSSR count). The first kappa shape index (κ1) is 18.5. The van der Waals surface area contributed by atoms with Gasteiger partial charge in [-0.15, -0.1) is 0 Å². The highest BCUT2D eigenvalue weighted by Crippen LogP contribution is 2.30. The van der Waals surface area contributed by atoms with Crippen LogP contribution in [0.15, 0.2) is 24.3 Å². The lowest BCUT2D eigenvalue weighted by Gasteiger charge is -2.31. The predicted molar refractivity (Wildman–Crippen MR) is 93.8 cm³/mol. The Balaban J connectivity index is 1.80. The molecule has 1 aliphatic carbocycles. The quantitative estimate of drug-likeness (QED) is 0.838. The summed E-state index contributed by atoms with van der Waals surface area (Å²) in [6.45, 7) is 0.508. The molecule has 0 bridgehead atoms. The Bertz CT molecular complexity index is 578. The molecule has 0 radical (unpaired) electrons. The SMILES string of the molecule is CN(C)C(=O)c1cccc(CCNC(=O)CC2(O)CCCCC2)c1. The van der Waals surface area contributed by atoms with Crippen molar-refractivity contribution in [3.8, 4) is 0 Å². The smallest absolute Gasteiger partial charge is 0.253 e. The van der Waals surface area contributed by atoms with Crippen molar-refractivity contribution >= 4 is 11.8 Å². The minimum absolute atomic E-state index is 0.0274. The van der Waals surface area contributed by atoms with Crippen molar-refractivity contribution in [1.29, 1.82) is 0 Å². The Morgan fingerprint density at radius 3 is 2.58 bits per heavy atom. The Kier molecular flexibility index (Phi) is 6.37. The van der Waals surface area contributed by atoms with E-state index in [1.54, 1.807) is 25.1 Å². The topological polar surface area (TPSA) is 69.6 Å². The lowest BCUT2D eigenvalue weighted by Crippen LogP contribution is -2.38. The van der Waals surface area contributed by atoms with Crippen molar-refractivity contribution in [2.75, 3.05) is 20.6 Å². The molecule has 0 unspecified atom stereocenters. The molecule has 24 heavy (non-hydrogen) atoms. The number of hydrogen-bond acceptors (Lipinski definition) is 3. The van der Waals surface area contributed by atoms with E-state index >= 15 is 0 Å². The molecule has 0 heterocycles. The maximum atomic E-state index is 12.0. The normalized spacial score (nSPS) is 16.5. The number of hydrogen-bond donors (Lipinski definition) is 2. The summed E-state index contributed by atoms with van der Waals surface area (Å²) >= 11 is 0. The van der Waals surface area contributed by atoms with E-state index < -0.39 is 5.60 Å². The number of aliphatic hydroxyl groups is 1. The molecule has 1 aliphatic rings. The summed E-state index contributed by atoms with van der Waals surface area (Å²) in [6, 6.07) is 7.47. The highest BCUT2D eigenvalue weighted by Gasteiger charge is 2.31. The van der Waals surface area contributed by atoms with Crippen LogP contribution in [-0.2, 0) is 11.2 Å². The third-order valence-corrected chi connectivity index (χ3v) is 4.59. The van der Waals surface area contributed by atoms with E-state index in [2.05, 4.69) is 5.32 Å². The molecule has 0 saturated heterocycles. The van der Waals surface area contributed by atoms with E-state index in [-0.39, 0.29) is 18.2 Å². The third-order valence-electron chi connectivity index (χ3n) is 4.59. The Morgan fingerprint density at radius 2 is 1.92 bits per heavy atom. The maximum Gasteiger partial charge on any atom is 0.253 e. The van der Waals surface area contributed by atoms with Crippen LogP contribution in [0.1, 0.15) is 54.4 Å². The van der Waals surface area contributed by atoms with Gasteiger partial charge in [0.05, 0.1) is 12.0 Å². The molecule has 5 nitrogen and oxygen atoms in total. The van der Waals surface area contributed by atoms with Crippen molar-refractivity contribution in [2.24, 2.45) is 0 Å². The van der Waals surface area contributed by atoms with Crippen LogP contribution in [0.2, 0.25) is 0 Å². The fraction of sp³-hybridized carbons (Fsp3) is 0.579. The van der Waals surface area contributed by atoms with Gasteiger partial charge in [0, 0.05) is 26.2 Å². The number of benzene rings is 1. The molecule has 0 atom stereocenters. The van der Waals surface area contributed by atoms with E-state index in [0.717, 1.165) is 37.7 Å². The van der Waals surface area contributed by atoms with E-state index in [4.69, 9.17) is 0 Å². The van der Waals surface area contributed by atoms with Crippen LogP contribution in [0.3, 0.4) is 0 Å². The molecule has 1 aromatic carbocycles. The van der Waals surface area contributed by atoms with Gasteiger partial charge >= 0.3 is 0 Å². The molecule has 0 aromatic heterocycles. The number of nitrogens with zero attached hydrogens (tertiary/aromatic N) is 1. The number of carbonyl (C=O) groups is 2. The average molecular weight is 332 g/mol. The fourth-order valence-corrected chi connectivity index (χ4v) is 3.21. The van der Waals surface area contributed by atoms with Gasteiger partial charge in [-0.05, 0) is 37.0 Å². The highest BCUT2D eigenvalue weighted by molar-refractivity contribution is 5.94. The molecule has 1 saturated carbocycles. The zero-order chi connectivity index (χ0) is 17.6. The Morgan fingerprint density at radius 1 is 1.21 bits per heavy atom. The monoisotopic (exact) mass is 332 g/mol. The van der Waals surface area contributed by atoms with Crippen molar-refractivity contribution in [1.82, 2.24) is 10.2 Å². The first-order chi connectivity index (χ1) is 11.4. The van der Waals surface area contributed by atoms with Gasteiger partial charge in [0.15, 0.2) is 0 Å². The first-order valence-electron chi connectivity index (χ1n) is 8.69. The van der Waals surface area contributed by atoms with Gasteiger partial charge in [0.25, 0.3) is 5.91 Å². The molecular weight excluding hydrogens is 304 g/mol. The summed E-state index contributed by atoms with van der Waals surface area (Å²) in [5, 5.41) is 13.3. The number of amides is 2. The van der Waals surface area contributed by atoms with Gasteiger partial charge < -0.3 is 15.3 Å². The zero-order valence-electron chi connectivity index (χ0n) is 14.7. The lowest BCUT2D eigenvalue weighted by atomic mass is 9.82. The molecule has 2 amide bonds. The third kappa shape index (κ3) is 5.34. The highest BCUT2D eigenvalue weighted by atomic mass is 16.3. The molecule has 5 heteroatoms. The minimum Gasteiger partial charge on any atom is -0.389 e. The van der Waals surface area contributed by atoms with Crippen LogP contribution in [0.5, 0.6) is 0 Å². The van der Waals surface area contributed by atoms with Crippen LogP contribution >= 0.6 is 0 Å². The zero-order valence-corrected chi connectivity index (χ0v) is 14.7. The number of rotatable bonds is 6. The van der Waals surface area contributed by atoms with Gasteiger partial charge in [-0.3, -0.25) is 9.59 Å². The van der Waals surface area contributed by atoms with Crippen LogP contribution < -0.4 is 5.32 Å². The molecule has 2 N–H and O–H groups in total. The molecule has 0 spiro atoms. The summed E-state index contributed by atoms with van der Waals surface area (Å²) in [7, 11) is 3.45. The molecule has 1 aromatic rings.